The number of fused-ring (bicyclic) bond motifs is 1. The predicted molar refractivity (Wildman–Crippen MR) is 191 cm³/mol. The third-order valence-corrected chi connectivity index (χ3v) is 13.4. The van der Waals surface area contributed by atoms with E-state index in [-0.39, 0.29) is 57.6 Å². The van der Waals surface area contributed by atoms with Crippen molar-refractivity contribution in [1.29, 1.82) is 0 Å². The van der Waals surface area contributed by atoms with Crippen LogP contribution in [0.5, 0.6) is 0 Å². The minimum absolute atomic E-state index is 0.0405. The van der Waals surface area contributed by atoms with Crippen LogP contribution in [0.2, 0.25) is 0 Å². The number of rotatable bonds is 12. The molecule has 5 atom stereocenters. The van der Waals surface area contributed by atoms with Crippen molar-refractivity contribution < 1.29 is 51.0 Å². The van der Waals surface area contributed by atoms with Gasteiger partial charge in [-0.2, -0.15) is 0 Å². The molecule has 55 heavy (non-hydrogen) atoms. The zero-order valence-corrected chi connectivity index (χ0v) is 31.1. The molecule has 16 nitrogen and oxygen atoms in total. The first-order valence-electron chi connectivity index (χ1n) is 18.6. The summed E-state index contributed by atoms with van der Waals surface area (Å²) < 4.78 is 53.3. The summed E-state index contributed by atoms with van der Waals surface area (Å²) in [6.07, 6.45) is 3.40. The maximum Gasteiger partial charge on any atom is 0.410 e. The van der Waals surface area contributed by atoms with Gasteiger partial charge in [-0.15, -0.1) is 6.58 Å². The van der Waals surface area contributed by atoms with E-state index in [4.69, 9.17) is 9.47 Å². The Bertz CT molecular complexity index is 1910. The van der Waals surface area contributed by atoms with Crippen molar-refractivity contribution in [1.82, 2.24) is 30.1 Å². The van der Waals surface area contributed by atoms with Crippen molar-refractivity contribution in [2.75, 3.05) is 19.6 Å². The van der Waals surface area contributed by atoms with Crippen molar-refractivity contribution in [3.8, 4) is 0 Å². The van der Waals surface area contributed by atoms with E-state index in [1.165, 1.54) is 26.8 Å². The summed E-state index contributed by atoms with van der Waals surface area (Å²) in [5, 5.41) is 4.66. The molecule has 18 heteroatoms. The number of nitrogens with zero attached hydrogens (tertiary/aromatic N) is 3. The highest BCUT2D eigenvalue weighted by Crippen LogP contribution is 2.45. The Labute approximate surface area is 317 Å². The monoisotopic (exact) mass is 784 g/mol. The van der Waals surface area contributed by atoms with E-state index in [9.17, 15) is 41.6 Å². The lowest BCUT2D eigenvalue weighted by Gasteiger charge is -2.43. The normalized spacial score (nSPS) is 26.6. The van der Waals surface area contributed by atoms with Gasteiger partial charge in [-0.3, -0.25) is 28.8 Å². The van der Waals surface area contributed by atoms with Crippen molar-refractivity contribution >= 4 is 45.8 Å². The average molecular weight is 785 g/mol. The Kier molecular flexibility index (Phi) is 10.4. The summed E-state index contributed by atoms with van der Waals surface area (Å²) in [6.45, 7) is 7.19. The average Bonchev–Trinajstić information content (AvgIpc) is 3.92. The van der Waals surface area contributed by atoms with E-state index in [1.54, 1.807) is 12.1 Å². The topological polar surface area (TPSA) is 201 Å². The smallest absolute Gasteiger partial charge is 0.410 e. The standard InChI is InChI=1S/C37H45FN6O10S/c1-3-23-15-37(23,34(48)41-55(51,52)26-12-13-26)40-32(46)29-14-25(54-36(50)43-16-21-8-7-11-28(38)27(21)20-43)19-44(29)33(47)31(22-17-42(18-22)30(45)4-2)39-35(49)53-24-9-5-6-10-24/h3-4,7-8,11,22-26,29,31H,1-2,5-6,9-10,12-20H2,(H,39,49)(H,40,46)(H,41,48)/t23-,25?,29+,31?,37-/m1/s1. The molecule has 6 aliphatic rings. The number of nitrogens with one attached hydrogen (secondary N) is 3. The number of ether oxygens (including phenoxy) is 2. The second-order valence-corrected chi connectivity index (χ2v) is 17.3. The summed E-state index contributed by atoms with van der Waals surface area (Å²) in [4.78, 5) is 85.1. The van der Waals surface area contributed by atoms with Crippen molar-refractivity contribution in [3.63, 3.8) is 0 Å². The molecule has 3 aliphatic carbocycles. The summed E-state index contributed by atoms with van der Waals surface area (Å²) in [7, 11) is -3.96. The Hall–Kier alpha value is -5.00. The third kappa shape index (κ3) is 7.77. The van der Waals surface area contributed by atoms with E-state index in [0.29, 0.717) is 36.8 Å². The maximum atomic E-state index is 14.6. The quantitative estimate of drug-likeness (QED) is 0.207. The zero-order valence-electron chi connectivity index (χ0n) is 30.2. The molecule has 2 unspecified atom stereocenters. The second-order valence-electron chi connectivity index (χ2n) is 15.3. The second kappa shape index (κ2) is 14.9. The summed E-state index contributed by atoms with van der Waals surface area (Å²) in [5.41, 5.74) is -0.678. The van der Waals surface area contributed by atoms with Crippen molar-refractivity contribution in [3.05, 3.63) is 60.5 Å². The lowest BCUT2D eigenvalue weighted by atomic mass is 9.90. The number of hydrogen-bond donors (Lipinski definition) is 3. The fraction of sp³-hybridized carbons (Fsp3) is 0.568. The molecule has 3 N–H and O–H groups in total. The highest BCUT2D eigenvalue weighted by Gasteiger charge is 2.62. The zero-order chi connectivity index (χ0) is 39.2. The van der Waals surface area contributed by atoms with Gasteiger partial charge in [0.05, 0.1) is 18.3 Å². The van der Waals surface area contributed by atoms with Crippen LogP contribution in [0, 0.1) is 17.7 Å². The van der Waals surface area contributed by atoms with E-state index in [1.807, 2.05) is 0 Å². The van der Waals surface area contributed by atoms with Gasteiger partial charge < -0.3 is 29.9 Å². The SMILES string of the molecule is C=CC(=O)N1CC(C(NC(=O)OC2CCCC2)C(=O)N2CC(OC(=O)N3Cc4cccc(F)c4C3)C[C@H]2C(=O)N[C@]2(C(=O)NS(=O)(=O)C3CC3)C[C@H]2C=C)C1. The number of carbonyl (C=O) groups excluding carboxylic acids is 6. The van der Waals surface area contributed by atoms with E-state index < -0.39 is 86.6 Å². The van der Waals surface area contributed by atoms with E-state index >= 15 is 0 Å². The number of likely N-dealkylation sites (tertiary alicyclic amines) is 2. The van der Waals surface area contributed by atoms with Crippen molar-refractivity contribution in [2.24, 2.45) is 11.8 Å². The Balaban J connectivity index is 1.12. The molecule has 0 spiro atoms. The van der Waals surface area contributed by atoms with Gasteiger partial charge in [0.25, 0.3) is 5.91 Å². The minimum atomic E-state index is -3.96. The van der Waals surface area contributed by atoms with Gasteiger partial charge in [0, 0.05) is 43.5 Å². The fourth-order valence-corrected chi connectivity index (χ4v) is 9.40. The maximum absolute atomic E-state index is 14.6. The minimum Gasteiger partial charge on any atom is -0.446 e. The Morgan fingerprint density at radius 2 is 1.67 bits per heavy atom. The molecule has 3 saturated carbocycles. The molecule has 0 aromatic heterocycles. The highest BCUT2D eigenvalue weighted by atomic mass is 32.2. The molecule has 1 aromatic rings. The van der Waals surface area contributed by atoms with Crippen molar-refractivity contribution in [2.45, 2.75) is 99.5 Å². The highest BCUT2D eigenvalue weighted by molar-refractivity contribution is 7.91. The number of carbonyl (C=O) groups is 6. The van der Waals surface area contributed by atoms with Crippen LogP contribution >= 0.6 is 0 Å². The number of halogens is 1. The van der Waals surface area contributed by atoms with Crippen LogP contribution in [0.25, 0.3) is 0 Å². The summed E-state index contributed by atoms with van der Waals surface area (Å²) in [5.74, 6) is -4.45. The molecule has 0 radical (unpaired) electrons. The largest absolute Gasteiger partial charge is 0.446 e. The van der Waals surface area contributed by atoms with Crippen LogP contribution in [-0.2, 0) is 51.8 Å². The molecule has 2 saturated heterocycles. The van der Waals surface area contributed by atoms with Crippen LogP contribution in [-0.4, -0.2) is 114 Å². The number of benzene rings is 1. The first-order chi connectivity index (χ1) is 26.2. The van der Waals surface area contributed by atoms with Gasteiger partial charge in [0.2, 0.25) is 27.7 Å². The van der Waals surface area contributed by atoms with Crippen LogP contribution in [0.15, 0.2) is 43.5 Å². The molecule has 1 aromatic carbocycles. The predicted octanol–water partition coefficient (Wildman–Crippen LogP) is 1.60. The Morgan fingerprint density at radius 1 is 0.945 bits per heavy atom. The molecular weight excluding hydrogens is 740 g/mol. The van der Waals surface area contributed by atoms with Gasteiger partial charge in [-0.1, -0.05) is 24.8 Å². The summed E-state index contributed by atoms with van der Waals surface area (Å²) in [6, 6.07) is 1.95. The van der Waals surface area contributed by atoms with Crippen LogP contribution < -0.4 is 15.4 Å². The van der Waals surface area contributed by atoms with Crippen LogP contribution in [0.3, 0.4) is 0 Å². The number of sulfonamides is 1. The number of alkyl carbamates (subject to hydrolysis) is 1. The molecule has 3 aliphatic heterocycles. The number of amides is 6. The first kappa shape index (κ1) is 38.3. The molecular formula is C37H45FN6O10S. The fourth-order valence-electron chi connectivity index (χ4n) is 8.03. The van der Waals surface area contributed by atoms with E-state index in [0.717, 1.165) is 18.9 Å². The first-order valence-corrected chi connectivity index (χ1v) is 20.2. The third-order valence-electron chi connectivity index (χ3n) is 11.5. The molecule has 5 fully saturated rings. The van der Waals surface area contributed by atoms with Crippen LogP contribution in [0.1, 0.15) is 62.5 Å². The van der Waals surface area contributed by atoms with Gasteiger partial charge >= 0.3 is 12.2 Å². The lowest BCUT2D eigenvalue weighted by molar-refractivity contribution is -0.145. The Morgan fingerprint density at radius 3 is 2.31 bits per heavy atom. The molecule has 296 valence electrons. The van der Waals surface area contributed by atoms with Gasteiger partial charge in [0.1, 0.15) is 35.6 Å². The molecule has 7 rings (SSSR count). The van der Waals surface area contributed by atoms with E-state index in [2.05, 4.69) is 28.5 Å². The van der Waals surface area contributed by atoms with Gasteiger partial charge in [0.15, 0.2) is 0 Å². The molecule has 6 amide bonds. The van der Waals surface area contributed by atoms with Crippen LogP contribution in [0.4, 0.5) is 14.0 Å². The molecule has 3 heterocycles. The number of hydrogen-bond acceptors (Lipinski definition) is 10. The lowest BCUT2D eigenvalue weighted by Crippen LogP contribution is -2.64. The van der Waals surface area contributed by atoms with Gasteiger partial charge in [-0.25, -0.2) is 22.4 Å². The molecule has 0 bridgehead atoms. The van der Waals surface area contributed by atoms with Gasteiger partial charge in [-0.05, 0) is 62.7 Å². The summed E-state index contributed by atoms with van der Waals surface area (Å²) >= 11 is 0.